The molecule has 0 aliphatic carbocycles. The zero-order valence-corrected chi connectivity index (χ0v) is 31.4. The Morgan fingerprint density at radius 1 is 0.923 bits per heavy atom. The maximum atomic E-state index is 14.1. The van der Waals surface area contributed by atoms with Crippen molar-refractivity contribution in [2.75, 3.05) is 45.9 Å². The number of nitrogens with zero attached hydrogens (tertiary/aromatic N) is 2. The number of piperidine rings is 4. The highest BCUT2D eigenvalue weighted by atomic mass is 79.9. The third-order valence-electron chi connectivity index (χ3n) is 11.7. The van der Waals surface area contributed by atoms with Crippen LogP contribution in [0.15, 0.2) is 82.1 Å². The summed E-state index contributed by atoms with van der Waals surface area (Å²) < 4.78 is 7.15. The lowest BCUT2D eigenvalue weighted by Crippen LogP contribution is -2.58. The van der Waals surface area contributed by atoms with Crippen LogP contribution >= 0.6 is 15.9 Å². The fourth-order valence-electron chi connectivity index (χ4n) is 8.79. The van der Waals surface area contributed by atoms with Crippen LogP contribution in [0, 0.1) is 11.8 Å². The lowest BCUT2D eigenvalue weighted by Gasteiger charge is -2.52. The number of pyridine rings is 1. The molecule has 0 spiro atoms. The van der Waals surface area contributed by atoms with Crippen molar-refractivity contribution in [1.82, 2.24) is 20.1 Å². The van der Waals surface area contributed by atoms with Crippen molar-refractivity contribution in [1.29, 1.82) is 0 Å². The van der Waals surface area contributed by atoms with Crippen LogP contribution in [-0.2, 0) is 0 Å². The molecule has 4 fully saturated rings. The number of ether oxygens (including phenoxy) is 1. The van der Waals surface area contributed by atoms with Crippen LogP contribution in [0.5, 0.6) is 11.5 Å². The number of aromatic hydroxyl groups is 1. The van der Waals surface area contributed by atoms with E-state index in [9.17, 15) is 19.8 Å². The molecule has 4 unspecified atom stereocenters. The normalized spacial score (nSPS) is 23.5. The summed E-state index contributed by atoms with van der Waals surface area (Å²) in [6, 6.07) is 23.0. The minimum atomic E-state index is -0.759. The van der Waals surface area contributed by atoms with Crippen molar-refractivity contribution in [2.45, 2.75) is 69.4 Å². The fraction of sp³-hybridized carbons (Fsp3) is 0.476. The first-order valence-electron chi connectivity index (χ1n) is 19.1. The first-order valence-corrected chi connectivity index (χ1v) is 19.9. The van der Waals surface area contributed by atoms with E-state index >= 15 is 0 Å². The molecule has 276 valence electrons. The molecule has 8 rings (SSSR count). The minimum absolute atomic E-state index is 0.0139. The monoisotopic (exact) mass is 770 g/mol. The van der Waals surface area contributed by atoms with E-state index in [1.165, 1.54) is 43.6 Å². The number of halogens is 1. The standard InChI is InChI=1S/C42H51BrN4O5/c43-32-9-5-28(6-10-32)31-19-23-47(37(25-31)36-27-46-21-17-29(36)18-22-46)42(51)30-7-11-33(12-8-30)52-24-4-2-1-3-20-44-26-39(49)34-13-15-38(48)41-35(34)14-16-40(50)45-41/h5-16,29,31,36-37,39,44,48-49H,1-4,17-27H2,(H,45,50). The Bertz CT molecular complexity index is 1860. The van der Waals surface area contributed by atoms with Crippen LogP contribution in [0.4, 0.5) is 0 Å². The Labute approximate surface area is 314 Å². The van der Waals surface area contributed by atoms with Gasteiger partial charge in [-0.2, -0.15) is 0 Å². The second-order valence-corrected chi connectivity index (χ2v) is 15.8. The van der Waals surface area contributed by atoms with Gasteiger partial charge >= 0.3 is 0 Å². The average Bonchev–Trinajstić information content (AvgIpc) is 3.18. The van der Waals surface area contributed by atoms with Gasteiger partial charge in [-0.1, -0.05) is 47.0 Å². The fourth-order valence-corrected chi connectivity index (χ4v) is 9.06. The van der Waals surface area contributed by atoms with Crippen LogP contribution in [0.2, 0.25) is 0 Å². The molecule has 0 saturated carbocycles. The van der Waals surface area contributed by atoms with E-state index in [1.807, 2.05) is 24.3 Å². The minimum Gasteiger partial charge on any atom is -0.506 e. The number of hydrogen-bond acceptors (Lipinski definition) is 7. The molecule has 3 aromatic carbocycles. The summed E-state index contributed by atoms with van der Waals surface area (Å²) in [4.78, 5) is 33.2. The van der Waals surface area contributed by atoms with E-state index in [0.717, 1.165) is 73.9 Å². The number of aliphatic hydroxyl groups excluding tert-OH is 1. The van der Waals surface area contributed by atoms with E-state index in [4.69, 9.17) is 4.74 Å². The molecule has 1 amide bonds. The number of nitrogens with one attached hydrogen (secondary N) is 2. The molecular weight excluding hydrogens is 720 g/mol. The third-order valence-corrected chi connectivity index (χ3v) is 12.2. The van der Waals surface area contributed by atoms with E-state index in [0.29, 0.717) is 47.4 Å². The molecule has 5 heterocycles. The SMILES string of the molecule is O=C(c1ccc(OCCCCCCNCC(O)c2ccc(O)c3[nH]c(=O)ccc23)cc1)N1CCC(c2ccc(Br)cc2)CC1C1CN2CCC1CC2. The van der Waals surface area contributed by atoms with Crippen molar-refractivity contribution >= 4 is 32.7 Å². The number of carbonyl (C=O) groups is 1. The summed E-state index contributed by atoms with van der Waals surface area (Å²) >= 11 is 3.59. The number of phenols is 1. The van der Waals surface area contributed by atoms with Gasteiger partial charge in [0.1, 0.15) is 11.5 Å². The Balaban J connectivity index is 0.844. The van der Waals surface area contributed by atoms with Crippen molar-refractivity contribution in [3.8, 4) is 11.5 Å². The van der Waals surface area contributed by atoms with Crippen LogP contribution < -0.4 is 15.6 Å². The van der Waals surface area contributed by atoms with Gasteiger partial charge in [0.15, 0.2) is 0 Å². The Hall–Kier alpha value is -3.70. The molecule has 4 saturated heterocycles. The number of H-pyrrole nitrogens is 1. The number of amides is 1. The van der Waals surface area contributed by atoms with Gasteiger partial charge in [0, 0.05) is 47.2 Å². The maximum absolute atomic E-state index is 14.1. The second-order valence-electron chi connectivity index (χ2n) is 14.9. The number of hydrogen-bond donors (Lipinski definition) is 4. The van der Waals surface area contributed by atoms with Crippen molar-refractivity contribution in [3.63, 3.8) is 0 Å². The van der Waals surface area contributed by atoms with E-state index in [2.05, 4.69) is 60.3 Å². The van der Waals surface area contributed by atoms with E-state index in [1.54, 1.807) is 12.1 Å². The molecule has 2 bridgehead atoms. The lowest BCUT2D eigenvalue weighted by molar-refractivity contribution is -0.0155. The lowest BCUT2D eigenvalue weighted by atomic mass is 9.70. The summed E-state index contributed by atoms with van der Waals surface area (Å²) in [5.41, 5.74) is 2.84. The maximum Gasteiger partial charge on any atom is 0.254 e. The highest BCUT2D eigenvalue weighted by Gasteiger charge is 2.44. The highest BCUT2D eigenvalue weighted by Crippen LogP contribution is 2.43. The summed E-state index contributed by atoms with van der Waals surface area (Å²) in [7, 11) is 0. The number of unbranched alkanes of at least 4 members (excludes halogenated alkanes) is 3. The highest BCUT2D eigenvalue weighted by molar-refractivity contribution is 9.10. The predicted octanol–water partition coefficient (Wildman–Crippen LogP) is 6.99. The number of aromatic amines is 1. The molecule has 4 N–H and O–H groups in total. The van der Waals surface area contributed by atoms with E-state index < -0.39 is 6.10 Å². The first-order chi connectivity index (χ1) is 25.3. The van der Waals surface area contributed by atoms with Crippen LogP contribution in [0.1, 0.15) is 84.9 Å². The Morgan fingerprint density at radius 2 is 1.69 bits per heavy atom. The molecule has 10 heteroatoms. The summed E-state index contributed by atoms with van der Waals surface area (Å²) in [6.45, 7) is 6.10. The largest absolute Gasteiger partial charge is 0.506 e. The number of phenolic OH excluding ortho intramolecular Hbond substituents is 1. The van der Waals surface area contributed by atoms with E-state index in [-0.39, 0.29) is 23.3 Å². The van der Waals surface area contributed by atoms with Gasteiger partial charge in [0.2, 0.25) is 5.56 Å². The zero-order chi connectivity index (χ0) is 36.0. The van der Waals surface area contributed by atoms with Crippen LogP contribution in [0.3, 0.4) is 0 Å². The number of rotatable bonds is 14. The Morgan fingerprint density at radius 3 is 2.44 bits per heavy atom. The number of fused-ring (bicyclic) bond motifs is 4. The number of likely N-dealkylation sites (tertiary alicyclic amines) is 1. The van der Waals surface area contributed by atoms with Gasteiger partial charge in [-0.15, -0.1) is 0 Å². The van der Waals surface area contributed by atoms with Gasteiger partial charge in [0.25, 0.3) is 5.91 Å². The van der Waals surface area contributed by atoms with Crippen LogP contribution in [-0.4, -0.2) is 82.8 Å². The second kappa shape index (κ2) is 17.0. The van der Waals surface area contributed by atoms with Crippen molar-refractivity contribution in [3.05, 3.63) is 104 Å². The first kappa shape index (κ1) is 36.6. The molecule has 4 aliphatic heterocycles. The smallest absolute Gasteiger partial charge is 0.254 e. The molecule has 9 nitrogen and oxygen atoms in total. The average molecular weight is 772 g/mol. The number of aliphatic hydroxyl groups is 1. The molecule has 52 heavy (non-hydrogen) atoms. The molecule has 0 radical (unpaired) electrons. The number of benzene rings is 3. The third kappa shape index (κ3) is 8.57. The predicted molar refractivity (Wildman–Crippen MR) is 208 cm³/mol. The summed E-state index contributed by atoms with van der Waals surface area (Å²) in [5.74, 6) is 2.65. The number of aromatic nitrogens is 1. The molecule has 4 aliphatic rings. The molecular formula is C42H51BrN4O5. The van der Waals surface area contributed by atoms with Crippen molar-refractivity contribution < 1.29 is 19.7 Å². The summed E-state index contributed by atoms with van der Waals surface area (Å²) in [5, 5.41) is 24.8. The Kier molecular flexibility index (Phi) is 12.0. The number of carbonyl (C=O) groups excluding carboxylic acids is 1. The molecule has 4 aromatic rings. The van der Waals surface area contributed by atoms with Crippen LogP contribution in [0.25, 0.3) is 10.9 Å². The van der Waals surface area contributed by atoms with Gasteiger partial charge in [-0.05, 0) is 136 Å². The van der Waals surface area contributed by atoms with Gasteiger partial charge in [-0.3, -0.25) is 9.59 Å². The van der Waals surface area contributed by atoms with Crippen molar-refractivity contribution in [2.24, 2.45) is 11.8 Å². The topological polar surface area (TPSA) is 118 Å². The van der Waals surface area contributed by atoms with Gasteiger partial charge in [-0.25, -0.2) is 0 Å². The van der Waals surface area contributed by atoms with Gasteiger partial charge < -0.3 is 35.1 Å². The summed E-state index contributed by atoms with van der Waals surface area (Å²) in [6.07, 6.45) is 7.77. The molecule has 4 atom stereocenters. The zero-order valence-electron chi connectivity index (χ0n) is 29.8. The van der Waals surface area contributed by atoms with Gasteiger partial charge in [0.05, 0.1) is 18.2 Å². The quantitative estimate of drug-likeness (QED) is 0.102. The molecule has 1 aromatic heterocycles.